The molecule has 2 aromatic carbocycles. The number of aryl methyl sites for hydroxylation is 1. The first-order valence-electron chi connectivity index (χ1n) is 12.3. The van der Waals surface area contributed by atoms with E-state index in [0.717, 1.165) is 41.9 Å². The van der Waals surface area contributed by atoms with Crippen LogP contribution in [0.4, 0.5) is 0 Å². The summed E-state index contributed by atoms with van der Waals surface area (Å²) >= 11 is 0. The van der Waals surface area contributed by atoms with Crippen molar-refractivity contribution in [2.75, 3.05) is 40.4 Å². The van der Waals surface area contributed by atoms with Crippen LogP contribution in [0, 0.1) is 11.8 Å². The van der Waals surface area contributed by atoms with Crippen molar-refractivity contribution in [3.63, 3.8) is 0 Å². The Morgan fingerprint density at radius 2 is 1.67 bits per heavy atom. The largest absolute Gasteiger partial charge is 0.493 e. The monoisotopic (exact) mass is 447 g/mol. The zero-order valence-electron chi connectivity index (χ0n) is 20.6. The van der Waals surface area contributed by atoms with Crippen LogP contribution in [-0.4, -0.2) is 61.2 Å². The molecular weight excluding hydrogens is 410 g/mol. The number of hydrogen-bond acceptors (Lipinski definition) is 4. The molecule has 0 aliphatic carbocycles. The Morgan fingerprint density at radius 3 is 2.30 bits per heavy atom. The highest BCUT2D eigenvalue weighted by Gasteiger charge is 2.40. The molecule has 5 heteroatoms. The van der Waals surface area contributed by atoms with E-state index in [1.807, 2.05) is 6.07 Å². The van der Waals surface area contributed by atoms with Crippen LogP contribution in [0.1, 0.15) is 31.9 Å². The number of methoxy groups -OCH3 is 2. The Balaban J connectivity index is 1.38. The number of rotatable bonds is 7. The van der Waals surface area contributed by atoms with E-state index in [1.165, 1.54) is 53.9 Å². The van der Waals surface area contributed by atoms with E-state index in [-0.39, 0.29) is 0 Å². The number of hydrogen-bond donors (Lipinski definition) is 1. The Hall–Kier alpha value is -2.50. The highest BCUT2D eigenvalue weighted by atomic mass is 16.5. The van der Waals surface area contributed by atoms with Gasteiger partial charge < -0.3 is 19.4 Å². The molecule has 2 atom stereocenters. The molecule has 2 fully saturated rings. The van der Waals surface area contributed by atoms with Crippen molar-refractivity contribution in [3.8, 4) is 22.8 Å². The van der Waals surface area contributed by atoms with Crippen LogP contribution in [0.5, 0.6) is 11.5 Å². The molecule has 5 nitrogen and oxygen atoms in total. The van der Waals surface area contributed by atoms with Crippen molar-refractivity contribution in [1.82, 2.24) is 14.8 Å². The van der Waals surface area contributed by atoms with E-state index < -0.39 is 0 Å². The van der Waals surface area contributed by atoms with Gasteiger partial charge in [0.2, 0.25) is 0 Å². The normalized spacial score (nSPS) is 21.3. The van der Waals surface area contributed by atoms with Crippen molar-refractivity contribution in [2.24, 2.45) is 11.8 Å². The SMILES string of the molecule is CCc1c(-c2ccc(OC)c(OC)c2)[nH]c2ccc(CN3CC4CN(C(C)C)CC4C3)cc12. The molecule has 0 radical (unpaired) electrons. The number of H-pyrrole nitrogens is 1. The fourth-order valence-corrected chi connectivity index (χ4v) is 5.93. The number of nitrogens with one attached hydrogen (secondary N) is 1. The van der Waals surface area contributed by atoms with Crippen LogP contribution >= 0.6 is 0 Å². The molecule has 0 amide bonds. The summed E-state index contributed by atoms with van der Waals surface area (Å²) in [6.07, 6.45) is 0.978. The van der Waals surface area contributed by atoms with E-state index in [0.29, 0.717) is 6.04 Å². The van der Waals surface area contributed by atoms with Crippen molar-refractivity contribution in [2.45, 2.75) is 39.8 Å². The van der Waals surface area contributed by atoms with E-state index in [1.54, 1.807) is 14.2 Å². The number of benzene rings is 2. The fraction of sp³-hybridized carbons (Fsp3) is 0.500. The lowest BCUT2D eigenvalue weighted by atomic mass is 10.0. The van der Waals surface area contributed by atoms with Gasteiger partial charge in [0.15, 0.2) is 11.5 Å². The van der Waals surface area contributed by atoms with Crippen molar-refractivity contribution in [1.29, 1.82) is 0 Å². The molecule has 0 saturated carbocycles. The van der Waals surface area contributed by atoms with E-state index >= 15 is 0 Å². The lowest BCUT2D eigenvalue weighted by molar-refractivity contribution is 0.220. The standard InChI is InChI=1S/C28H37N3O2/c1-6-23-24-11-19(13-30-14-21-16-31(18(2)3)17-22(21)15-30)7-9-25(24)29-28(23)20-8-10-26(32-4)27(12-20)33-5/h7-12,18,21-22,29H,6,13-17H2,1-5H3. The third-order valence-electron chi connectivity index (χ3n) is 7.72. The quantitative estimate of drug-likeness (QED) is 0.541. The number of ether oxygens (including phenoxy) is 2. The van der Waals surface area contributed by atoms with Gasteiger partial charge in [0.25, 0.3) is 0 Å². The molecule has 176 valence electrons. The molecule has 1 N–H and O–H groups in total. The summed E-state index contributed by atoms with van der Waals surface area (Å²) in [5, 5.41) is 1.34. The first kappa shape index (κ1) is 22.3. The average Bonchev–Trinajstić information content (AvgIpc) is 3.49. The van der Waals surface area contributed by atoms with Gasteiger partial charge in [0.1, 0.15) is 0 Å². The van der Waals surface area contributed by atoms with Crippen LogP contribution < -0.4 is 9.47 Å². The van der Waals surface area contributed by atoms with Gasteiger partial charge in [-0.25, -0.2) is 0 Å². The minimum absolute atomic E-state index is 0.673. The van der Waals surface area contributed by atoms with E-state index in [2.05, 4.69) is 65.9 Å². The van der Waals surface area contributed by atoms with Gasteiger partial charge in [-0.1, -0.05) is 13.0 Å². The number of likely N-dealkylation sites (tertiary alicyclic amines) is 2. The summed E-state index contributed by atoms with van der Waals surface area (Å²) in [7, 11) is 3.36. The van der Waals surface area contributed by atoms with Gasteiger partial charge in [-0.2, -0.15) is 0 Å². The number of aromatic amines is 1. The van der Waals surface area contributed by atoms with E-state index in [9.17, 15) is 0 Å². The molecule has 3 aromatic rings. The van der Waals surface area contributed by atoms with Gasteiger partial charge in [0, 0.05) is 60.9 Å². The molecule has 3 heterocycles. The second-order valence-corrected chi connectivity index (χ2v) is 10.0. The minimum atomic E-state index is 0.673. The minimum Gasteiger partial charge on any atom is -0.493 e. The first-order chi connectivity index (χ1) is 16.0. The zero-order valence-corrected chi connectivity index (χ0v) is 20.6. The van der Waals surface area contributed by atoms with Crippen molar-refractivity contribution < 1.29 is 9.47 Å². The predicted octanol–water partition coefficient (Wildman–Crippen LogP) is 5.19. The lowest BCUT2D eigenvalue weighted by Gasteiger charge is -2.24. The summed E-state index contributed by atoms with van der Waals surface area (Å²) in [5.41, 5.74) is 6.28. The second kappa shape index (κ2) is 9.03. The molecule has 2 aliphatic heterocycles. The maximum Gasteiger partial charge on any atom is 0.161 e. The fourth-order valence-electron chi connectivity index (χ4n) is 5.93. The molecule has 0 bridgehead atoms. The van der Waals surface area contributed by atoms with Crippen molar-refractivity contribution >= 4 is 10.9 Å². The second-order valence-electron chi connectivity index (χ2n) is 10.0. The molecule has 1 aromatic heterocycles. The number of fused-ring (bicyclic) bond motifs is 2. The van der Waals surface area contributed by atoms with Crippen LogP contribution in [0.15, 0.2) is 36.4 Å². The summed E-state index contributed by atoms with van der Waals surface area (Å²) in [6, 6.07) is 13.8. The average molecular weight is 448 g/mol. The molecular formula is C28H37N3O2. The van der Waals surface area contributed by atoms with Crippen LogP contribution in [0.2, 0.25) is 0 Å². The topological polar surface area (TPSA) is 40.7 Å². The molecule has 33 heavy (non-hydrogen) atoms. The number of nitrogens with zero attached hydrogens (tertiary/aromatic N) is 2. The molecule has 2 aliphatic rings. The van der Waals surface area contributed by atoms with E-state index in [4.69, 9.17) is 9.47 Å². The highest BCUT2D eigenvalue weighted by Crippen LogP contribution is 2.37. The van der Waals surface area contributed by atoms with Gasteiger partial charge >= 0.3 is 0 Å². The van der Waals surface area contributed by atoms with Gasteiger partial charge in [0.05, 0.1) is 14.2 Å². The maximum atomic E-state index is 5.54. The molecule has 2 saturated heterocycles. The van der Waals surface area contributed by atoms with Crippen LogP contribution in [-0.2, 0) is 13.0 Å². The predicted molar refractivity (Wildman–Crippen MR) is 135 cm³/mol. The Kier molecular flexibility index (Phi) is 6.11. The lowest BCUT2D eigenvalue weighted by Crippen LogP contribution is -2.32. The smallest absolute Gasteiger partial charge is 0.161 e. The number of aromatic nitrogens is 1. The van der Waals surface area contributed by atoms with Crippen LogP contribution in [0.25, 0.3) is 22.2 Å². The Morgan fingerprint density at radius 1 is 0.939 bits per heavy atom. The summed E-state index contributed by atoms with van der Waals surface area (Å²) < 4.78 is 11.0. The van der Waals surface area contributed by atoms with Gasteiger partial charge in [-0.3, -0.25) is 4.90 Å². The molecule has 5 rings (SSSR count). The van der Waals surface area contributed by atoms with Crippen LogP contribution in [0.3, 0.4) is 0 Å². The maximum absolute atomic E-state index is 5.54. The summed E-state index contributed by atoms with van der Waals surface area (Å²) in [5.74, 6) is 3.19. The highest BCUT2D eigenvalue weighted by molar-refractivity contribution is 5.91. The van der Waals surface area contributed by atoms with Gasteiger partial charge in [-0.15, -0.1) is 0 Å². The molecule has 2 unspecified atom stereocenters. The zero-order chi connectivity index (χ0) is 23.1. The Bertz CT molecular complexity index is 1120. The Labute approximate surface area is 197 Å². The summed E-state index contributed by atoms with van der Waals surface area (Å²) in [4.78, 5) is 9.00. The first-order valence-corrected chi connectivity index (χ1v) is 12.3. The van der Waals surface area contributed by atoms with Crippen molar-refractivity contribution in [3.05, 3.63) is 47.5 Å². The third-order valence-corrected chi connectivity index (χ3v) is 7.72. The van der Waals surface area contributed by atoms with Gasteiger partial charge in [-0.05, 0) is 73.6 Å². The molecule has 0 spiro atoms. The summed E-state index contributed by atoms with van der Waals surface area (Å²) in [6.45, 7) is 12.9. The third kappa shape index (κ3) is 4.13.